The average Bonchev–Trinajstić information content (AvgIpc) is 2.46. The van der Waals surface area contributed by atoms with E-state index in [-0.39, 0.29) is 17.9 Å². The van der Waals surface area contributed by atoms with Gasteiger partial charge >= 0.3 is 5.97 Å². The molecule has 19 heavy (non-hydrogen) atoms. The highest BCUT2D eigenvalue weighted by Crippen LogP contribution is 2.20. The number of carbonyl (C=O) groups is 2. The van der Waals surface area contributed by atoms with E-state index in [1.807, 2.05) is 0 Å². The predicted molar refractivity (Wildman–Crippen MR) is 73.5 cm³/mol. The summed E-state index contributed by atoms with van der Waals surface area (Å²) in [5, 5.41) is 0. The maximum Gasteiger partial charge on any atom is 0.328 e. The number of hydrogen-bond donors (Lipinski definition) is 1. The van der Waals surface area contributed by atoms with E-state index in [2.05, 4.69) is 0 Å². The van der Waals surface area contributed by atoms with Crippen LogP contribution in [0.4, 0.5) is 0 Å². The lowest BCUT2D eigenvalue weighted by atomic mass is 10.0. The number of amides is 1. The van der Waals surface area contributed by atoms with Gasteiger partial charge in [0.05, 0.1) is 7.11 Å². The van der Waals surface area contributed by atoms with Gasteiger partial charge in [0.1, 0.15) is 6.04 Å². The van der Waals surface area contributed by atoms with E-state index in [0.717, 1.165) is 44.9 Å². The van der Waals surface area contributed by atoms with Crippen LogP contribution in [-0.2, 0) is 14.3 Å². The van der Waals surface area contributed by atoms with Gasteiger partial charge < -0.3 is 15.4 Å². The van der Waals surface area contributed by atoms with E-state index < -0.39 is 0 Å². The van der Waals surface area contributed by atoms with Gasteiger partial charge in [0.2, 0.25) is 5.91 Å². The Morgan fingerprint density at radius 1 is 1.21 bits per heavy atom. The van der Waals surface area contributed by atoms with Crippen molar-refractivity contribution in [3.8, 4) is 0 Å². The van der Waals surface area contributed by atoms with Gasteiger partial charge in [-0.2, -0.15) is 0 Å². The molecule has 0 aromatic heterocycles. The maximum atomic E-state index is 12.2. The molecule has 1 saturated heterocycles. The number of likely N-dealkylation sites (tertiary alicyclic amines) is 1. The third-order valence-electron chi connectivity index (χ3n) is 3.64. The zero-order valence-electron chi connectivity index (χ0n) is 11.9. The summed E-state index contributed by atoms with van der Waals surface area (Å²) in [5.41, 5.74) is 5.43. The quantitative estimate of drug-likeness (QED) is 0.561. The zero-order valence-corrected chi connectivity index (χ0v) is 11.9. The standard InChI is InChI=1S/C14H26N2O3/c1-19-14(18)12-8-5-7-11-16(12)13(17)9-4-2-3-6-10-15/h12H,2-11,15H2,1H3. The van der Waals surface area contributed by atoms with Crippen molar-refractivity contribution in [2.24, 2.45) is 5.73 Å². The third kappa shape index (κ3) is 5.19. The molecule has 2 N–H and O–H groups in total. The fraction of sp³-hybridized carbons (Fsp3) is 0.857. The number of esters is 1. The smallest absolute Gasteiger partial charge is 0.328 e. The number of hydrogen-bond acceptors (Lipinski definition) is 4. The number of nitrogens with two attached hydrogens (primary N) is 1. The minimum absolute atomic E-state index is 0.0860. The molecular formula is C14H26N2O3. The van der Waals surface area contributed by atoms with Crippen molar-refractivity contribution in [2.45, 2.75) is 57.4 Å². The molecule has 0 bridgehead atoms. The fourth-order valence-electron chi connectivity index (χ4n) is 2.53. The summed E-state index contributed by atoms with van der Waals surface area (Å²) in [7, 11) is 1.38. The summed E-state index contributed by atoms with van der Waals surface area (Å²) in [6, 6.07) is -0.365. The van der Waals surface area contributed by atoms with Gasteiger partial charge in [0.25, 0.3) is 0 Å². The second-order valence-electron chi connectivity index (χ2n) is 5.07. The van der Waals surface area contributed by atoms with Crippen LogP contribution < -0.4 is 5.73 Å². The summed E-state index contributed by atoms with van der Waals surface area (Å²) < 4.78 is 4.78. The number of unbranched alkanes of at least 4 members (excludes halogenated alkanes) is 3. The molecule has 1 aliphatic rings. The summed E-state index contributed by atoms with van der Waals surface area (Å²) in [6.07, 6.45) is 7.21. The Balaban J connectivity index is 2.37. The minimum atomic E-state index is -0.365. The first-order valence-corrected chi connectivity index (χ1v) is 7.28. The van der Waals surface area contributed by atoms with Crippen LogP contribution >= 0.6 is 0 Å². The molecule has 110 valence electrons. The predicted octanol–water partition coefficient (Wildman–Crippen LogP) is 1.45. The molecule has 1 unspecified atom stereocenters. The topological polar surface area (TPSA) is 72.6 Å². The molecule has 5 nitrogen and oxygen atoms in total. The molecule has 1 heterocycles. The number of carbonyl (C=O) groups excluding carboxylic acids is 2. The van der Waals surface area contributed by atoms with Crippen LogP contribution in [0.5, 0.6) is 0 Å². The molecule has 0 saturated carbocycles. The van der Waals surface area contributed by atoms with Crippen LogP contribution in [0.2, 0.25) is 0 Å². The van der Waals surface area contributed by atoms with Crippen molar-refractivity contribution in [1.82, 2.24) is 4.90 Å². The fourth-order valence-corrected chi connectivity index (χ4v) is 2.53. The summed E-state index contributed by atoms with van der Waals surface area (Å²) in [4.78, 5) is 25.5. The second-order valence-corrected chi connectivity index (χ2v) is 5.07. The lowest BCUT2D eigenvalue weighted by Crippen LogP contribution is -2.48. The first-order valence-electron chi connectivity index (χ1n) is 7.28. The average molecular weight is 270 g/mol. The van der Waals surface area contributed by atoms with Crippen molar-refractivity contribution in [3.63, 3.8) is 0 Å². The molecule has 1 amide bonds. The Hall–Kier alpha value is -1.10. The number of ether oxygens (including phenoxy) is 1. The molecule has 1 atom stereocenters. The number of nitrogens with zero attached hydrogens (tertiary/aromatic N) is 1. The number of piperidine rings is 1. The summed E-state index contributed by atoms with van der Waals surface area (Å²) in [5.74, 6) is -0.195. The van der Waals surface area contributed by atoms with E-state index in [1.165, 1.54) is 7.11 Å². The molecule has 1 aliphatic heterocycles. The van der Waals surface area contributed by atoms with Gasteiger partial charge in [-0.15, -0.1) is 0 Å². The first-order chi connectivity index (χ1) is 9.20. The molecule has 0 radical (unpaired) electrons. The van der Waals surface area contributed by atoms with Crippen molar-refractivity contribution >= 4 is 11.9 Å². The van der Waals surface area contributed by atoms with Crippen molar-refractivity contribution in [2.75, 3.05) is 20.2 Å². The molecular weight excluding hydrogens is 244 g/mol. The van der Waals surface area contributed by atoms with Crippen LogP contribution in [0.25, 0.3) is 0 Å². The van der Waals surface area contributed by atoms with E-state index in [4.69, 9.17) is 10.5 Å². The highest BCUT2D eigenvalue weighted by molar-refractivity contribution is 5.84. The van der Waals surface area contributed by atoms with Crippen LogP contribution in [0.1, 0.15) is 51.4 Å². The Bertz CT molecular complexity index is 294. The van der Waals surface area contributed by atoms with Gasteiger partial charge in [-0.3, -0.25) is 4.79 Å². The highest BCUT2D eigenvalue weighted by atomic mass is 16.5. The van der Waals surface area contributed by atoms with E-state index in [0.29, 0.717) is 19.5 Å². The molecule has 0 spiro atoms. The van der Waals surface area contributed by atoms with Gasteiger partial charge in [-0.1, -0.05) is 12.8 Å². The Kier molecular flexibility index (Phi) is 7.48. The third-order valence-corrected chi connectivity index (χ3v) is 3.64. The molecule has 0 aromatic carbocycles. The monoisotopic (exact) mass is 270 g/mol. The Morgan fingerprint density at radius 3 is 2.63 bits per heavy atom. The van der Waals surface area contributed by atoms with Gasteiger partial charge in [-0.05, 0) is 38.6 Å². The zero-order chi connectivity index (χ0) is 14.1. The minimum Gasteiger partial charge on any atom is -0.467 e. The van der Waals surface area contributed by atoms with Crippen molar-refractivity contribution in [1.29, 1.82) is 0 Å². The second kappa shape index (κ2) is 8.91. The van der Waals surface area contributed by atoms with E-state index >= 15 is 0 Å². The largest absolute Gasteiger partial charge is 0.467 e. The van der Waals surface area contributed by atoms with Crippen LogP contribution in [0.3, 0.4) is 0 Å². The van der Waals surface area contributed by atoms with E-state index in [1.54, 1.807) is 4.90 Å². The van der Waals surface area contributed by atoms with E-state index in [9.17, 15) is 9.59 Å². The Morgan fingerprint density at radius 2 is 1.95 bits per heavy atom. The summed E-state index contributed by atoms with van der Waals surface area (Å²) in [6.45, 7) is 1.39. The van der Waals surface area contributed by atoms with Gasteiger partial charge in [-0.25, -0.2) is 4.79 Å². The lowest BCUT2D eigenvalue weighted by molar-refractivity contribution is -0.154. The first kappa shape index (κ1) is 16.0. The number of rotatable bonds is 7. The Labute approximate surface area is 115 Å². The van der Waals surface area contributed by atoms with Crippen LogP contribution in [-0.4, -0.2) is 43.0 Å². The van der Waals surface area contributed by atoms with Gasteiger partial charge in [0.15, 0.2) is 0 Å². The lowest BCUT2D eigenvalue weighted by Gasteiger charge is -2.33. The van der Waals surface area contributed by atoms with Crippen LogP contribution in [0.15, 0.2) is 0 Å². The van der Waals surface area contributed by atoms with Crippen molar-refractivity contribution < 1.29 is 14.3 Å². The van der Waals surface area contributed by atoms with Crippen molar-refractivity contribution in [3.05, 3.63) is 0 Å². The molecule has 5 heteroatoms. The molecule has 1 rings (SSSR count). The highest BCUT2D eigenvalue weighted by Gasteiger charge is 2.32. The normalized spacial score (nSPS) is 19.3. The molecule has 1 fully saturated rings. The number of methoxy groups -OCH3 is 1. The van der Waals surface area contributed by atoms with Crippen LogP contribution in [0, 0.1) is 0 Å². The van der Waals surface area contributed by atoms with Gasteiger partial charge in [0, 0.05) is 13.0 Å². The SMILES string of the molecule is COC(=O)C1CCCCN1C(=O)CCCCCCN. The summed E-state index contributed by atoms with van der Waals surface area (Å²) >= 11 is 0. The molecule has 0 aromatic rings. The molecule has 0 aliphatic carbocycles. The maximum absolute atomic E-state index is 12.2.